The van der Waals surface area contributed by atoms with E-state index >= 15 is 0 Å². The predicted octanol–water partition coefficient (Wildman–Crippen LogP) is 4.24. The van der Waals surface area contributed by atoms with E-state index in [4.69, 9.17) is 4.74 Å². The number of hydrogen-bond acceptors (Lipinski definition) is 5. The quantitative estimate of drug-likeness (QED) is 0.454. The highest BCUT2D eigenvalue weighted by Crippen LogP contribution is 2.36. The largest absolute Gasteiger partial charge is 0.491 e. The maximum atomic E-state index is 13.1. The van der Waals surface area contributed by atoms with Crippen LogP contribution >= 0.6 is 15.9 Å². The number of ether oxygens (including phenoxy) is 1. The number of hydrogen-bond donors (Lipinski definition) is 1. The normalized spacial score (nSPS) is 15.9. The molecule has 1 aliphatic heterocycles. The van der Waals surface area contributed by atoms with E-state index in [2.05, 4.69) is 20.9 Å². The molecule has 8 nitrogen and oxygen atoms in total. The number of carboxylic acid groups (broad SMARTS) is 1. The monoisotopic (exact) mass is 535 g/mol. The molecule has 4 rings (SSSR count). The van der Waals surface area contributed by atoms with Crippen LogP contribution in [-0.4, -0.2) is 52.5 Å². The maximum Gasteiger partial charge on any atom is 0.323 e. The van der Waals surface area contributed by atoms with E-state index in [1.165, 1.54) is 4.31 Å². The van der Waals surface area contributed by atoms with Gasteiger partial charge in [-0.2, -0.15) is 4.31 Å². The lowest BCUT2D eigenvalue weighted by molar-refractivity contribution is -0.137. The Labute approximate surface area is 201 Å². The molecule has 176 valence electrons. The molecule has 0 aliphatic carbocycles. The first-order valence-corrected chi connectivity index (χ1v) is 13.0. The second-order valence-electron chi connectivity index (χ2n) is 8.43. The van der Waals surface area contributed by atoms with Gasteiger partial charge in [0.05, 0.1) is 11.0 Å². The fourth-order valence-corrected chi connectivity index (χ4v) is 6.05. The lowest BCUT2D eigenvalue weighted by Gasteiger charge is -2.31. The van der Waals surface area contributed by atoms with E-state index in [0.29, 0.717) is 41.9 Å². The number of pyridine rings is 1. The van der Waals surface area contributed by atoms with Crippen LogP contribution in [0.2, 0.25) is 0 Å². The summed E-state index contributed by atoms with van der Waals surface area (Å²) in [4.78, 5) is 16.0. The van der Waals surface area contributed by atoms with Crippen molar-refractivity contribution >= 4 is 43.0 Å². The Kier molecular flexibility index (Phi) is 6.78. The zero-order valence-corrected chi connectivity index (χ0v) is 20.8. The lowest BCUT2D eigenvalue weighted by Crippen LogP contribution is -2.37. The second-order valence-corrected chi connectivity index (χ2v) is 11.2. The van der Waals surface area contributed by atoms with Gasteiger partial charge in [-0.25, -0.2) is 13.4 Å². The first-order valence-electron chi connectivity index (χ1n) is 10.8. The van der Waals surface area contributed by atoms with Crippen LogP contribution in [0, 0.1) is 0 Å². The van der Waals surface area contributed by atoms with Gasteiger partial charge in [0, 0.05) is 24.7 Å². The van der Waals surface area contributed by atoms with Crippen molar-refractivity contribution in [2.45, 2.75) is 50.2 Å². The molecule has 33 heavy (non-hydrogen) atoms. The van der Waals surface area contributed by atoms with Crippen LogP contribution in [0.25, 0.3) is 11.0 Å². The van der Waals surface area contributed by atoms with Crippen LogP contribution in [-0.2, 0) is 21.4 Å². The number of aliphatic carboxylic acids is 1. The average Bonchev–Trinajstić information content (AvgIpc) is 3.10. The third-order valence-electron chi connectivity index (χ3n) is 5.75. The third kappa shape index (κ3) is 5.07. The van der Waals surface area contributed by atoms with Crippen LogP contribution in [0.5, 0.6) is 5.75 Å². The number of sulfonamides is 1. The van der Waals surface area contributed by atoms with Gasteiger partial charge < -0.3 is 14.4 Å². The molecule has 10 heteroatoms. The summed E-state index contributed by atoms with van der Waals surface area (Å²) in [6, 6.07) is 10.3. The van der Waals surface area contributed by atoms with Crippen LogP contribution in [0.15, 0.2) is 52.1 Å². The number of rotatable bonds is 7. The summed E-state index contributed by atoms with van der Waals surface area (Å²) in [5.41, 5.74) is 1.62. The van der Waals surface area contributed by atoms with Crippen LogP contribution in [0.3, 0.4) is 0 Å². The standard InChI is InChI=1S/C23H26BrN3O5S/c1-15(2)32-17-3-5-18(6-4-17)33(30,31)27-11-9-16(10-12-27)20-13-26(14-22(28)29)23-19(20)7-8-21(24)25-23/h3-8,13,15-16H,9-12,14H2,1-2H3,(H,28,29). The van der Waals surface area contributed by atoms with Gasteiger partial charge in [0.1, 0.15) is 22.5 Å². The highest BCUT2D eigenvalue weighted by atomic mass is 79.9. The molecular formula is C23H26BrN3O5S. The molecule has 2 aromatic heterocycles. The van der Waals surface area contributed by atoms with E-state index in [1.807, 2.05) is 32.2 Å². The van der Waals surface area contributed by atoms with E-state index in [9.17, 15) is 18.3 Å². The molecule has 1 saturated heterocycles. The SMILES string of the molecule is CC(C)Oc1ccc(S(=O)(=O)N2CCC(c3cn(CC(=O)O)c4nc(Br)ccc34)CC2)cc1. The van der Waals surface area contributed by atoms with Gasteiger partial charge in [0.15, 0.2) is 0 Å². The fourth-order valence-electron chi connectivity index (χ4n) is 4.28. The van der Waals surface area contributed by atoms with Gasteiger partial charge in [-0.05, 0) is 90.5 Å². The molecule has 1 fully saturated rings. The van der Waals surface area contributed by atoms with Crippen molar-refractivity contribution in [3.05, 3.63) is 52.8 Å². The zero-order valence-electron chi connectivity index (χ0n) is 18.4. The van der Waals surface area contributed by atoms with Crippen molar-refractivity contribution in [1.29, 1.82) is 0 Å². The van der Waals surface area contributed by atoms with Crippen LogP contribution in [0.1, 0.15) is 38.2 Å². The van der Waals surface area contributed by atoms with Crippen molar-refractivity contribution in [2.24, 2.45) is 0 Å². The minimum atomic E-state index is -3.60. The first-order chi connectivity index (χ1) is 15.6. The number of carboxylic acids is 1. The molecule has 0 bridgehead atoms. The van der Waals surface area contributed by atoms with E-state index in [-0.39, 0.29) is 23.5 Å². The second kappa shape index (κ2) is 9.44. The molecule has 0 spiro atoms. The molecule has 1 N–H and O–H groups in total. The van der Waals surface area contributed by atoms with Gasteiger partial charge >= 0.3 is 5.97 Å². The van der Waals surface area contributed by atoms with Crippen molar-refractivity contribution in [3.8, 4) is 5.75 Å². The summed E-state index contributed by atoms with van der Waals surface area (Å²) in [5.74, 6) is -0.176. The van der Waals surface area contributed by atoms with Gasteiger partial charge in [-0.3, -0.25) is 4.79 Å². The Morgan fingerprint density at radius 3 is 2.45 bits per heavy atom. The van der Waals surface area contributed by atoms with E-state index in [1.54, 1.807) is 28.8 Å². The van der Waals surface area contributed by atoms with E-state index in [0.717, 1.165) is 10.9 Å². The van der Waals surface area contributed by atoms with Gasteiger partial charge in [0.2, 0.25) is 10.0 Å². The van der Waals surface area contributed by atoms with Crippen molar-refractivity contribution in [1.82, 2.24) is 13.9 Å². The van der Waals surface area contributed by atoms with E-state index < -0.39 is 16.0 Å². The summed E-state index contributed by atoms with van der Waals surface area (Å²) in [7, 11) is -3.60. The lowest BCUT2D eigenvalue weighted by atomic mass is 9.90. The van der Waals surface area contributed by atoms with Gasteiger partial charge in [-0.15, -0.1) is 0 Å². The molecule has 0 radical (unpaired) electrons. The number of fused-ring (bicyclic) bond motifs is 1. The number of halogens is 1. The molecule has 0 amide bonds. The van der Waals surface area contributed by atoms with Crippen LogP contribution < -0.4 is 4.74 Å². The third-order valence-corrected chi connectivity index (χ3v) is 8.11. The number of aromatic nitrogens is 2. The molecule has 1 aromatic carbocycles. The number of nitrogens with zero attached hydrogens (tertiary/aromatic N) is 3. The predicted molar refractivity (Wildman–Crippen MR) is 128 cm³/mol. The molecule has 3 aromatic rings. The maximum absolute atomic E-state index is 13.1. The van der Waals surface area contributed by atoms with Crippen LogP contribution in [0.4, 0.5) is 0 Å². The van der Waals surface area contributed by atoms with Crippen molar-refractivity contribution in [3.63, 3.8) is 0 Å². The summed E-state index contributed by atoms with van der Waals surface area (Å²) in [6.45, 7) is 4.45. The molecular weight excluding hydrogens is 510 g/mol. The number of carbonyl (C=O) groups is 1. The molecule has 1 aliphatic rings. The molecule has 0 atom stereocenters. The Balaban J connectivity index is 1.52. The Hall–Kier alpha value is -2.43. The summed E-state index contributed by atoms with van der Waals surface area (Å²) in [6.07, 6.45) is 3.16. The highest BCUT2D eigenvalue weighted by molar-refractivity contribution is 9.10. The average molecular weight is 536 g/mol. The smallest absolute Gasteiger partial charge is 0.323 e. The minimum Gasteiger partial charge on any atom is -0.491 e. The minimum absolute atomic E-state index is 0.0178. The summed E-state index contributed by atoms with van der Waals surface area (Å²) in [5, 5.41) is 10.2. The summed E-state index contributed by atoms with van der Waals surface area (Å²) >= 11 is 3.35. The molecule has 0 unspecified atom stereocenters. The van der Waals surface area contributed by atoms with Crippen molar-refractivity contribution < 1.29 is 23.1 Å². The first kappa shape index (κ1) is 23.7. The molecule has 3 heterocycles. The highest BCUT2D eigenvalue weighted by Gasteiger charge is 2.31. The molecule has 0 saturated carbocycles. The summed E-state index contributed by atoms with van der Waals surface area (Å²) < 4.78 is 35.7. The topological polar surface area (TPSA) is 102 Å². The Bertz CT molecular complexity index is 1260. The number of benzene rings is 1. The van der Waals surface area contributed by atoms with Gasteiger partial charge in [-0.1, -0.05) is 0 Å². The number of piperidine rings is 1. The Morgan fingerprint density at radius 1 is 1.18 bits per heavy atom. The van der Waals surface area contributed by atoms with Crippen molar-refractivity contribution in [2.75, 3.05) is 13.1 Å². The fraction of sp³-hybridized carbons (Fsp3) is 0.391. The van der Waals surface area contributed by atoms with Gasteiger partial charge in [0.25, 0.3) is 0 Å². The Morgan fingerprint density at radius 2 is 1.85 bits per heavy atom. The zero-order chi connectivity index (χ0) is 23.8.